The van der Waals surface area contributed by atoms with Crippen molar-refractivity contribution >= 4 is 52.1 Å². The topological polar surface area (TPSA) is 56.1 Å². The molecule has 1 aromatic carbocycles. The number of carbonyl (C=O) groups excluding carboxylic acids is 1. The van der Waals surface area contributed by atoms with Gasteiger partial charge < -0.3 is 10.2 Å². The van der Waals surface area contributed by atoms with E-state index >= 15 is 0 Å². The van der Waals surface area contributed by atoms with Gasteiger partial charge in [-0.05, 0) is 37.7 Å². The summed E-state index contributed by atoms with van der Waals surface area (Å²) in [4.78, 5) is 14.0. The lowest BCUT2D eigenvalue weighted by atomic mass is 10.1. The lowest BCUT2D eigenvalue weighted by Gasteiger charge is -2.25. The number of halogens is 2. The molecule has 4 nitrogen and oxygen atoms in total. The summed E-state index contributed by atoms with van der Waals surface area (Å²) in [7, 11) is 0. The van der Waals surface area contributed by atoms with E-state index in [1.807, 2.05) is 30.3 Å². The first-order chi connectivity index (χ1) is 10.3. The van der Waals surface area contributed by atoms with Crippen molar-refractivity contribution in [2.24, 2.45) is 5.41 Å². The molecule has 1 fully saturated rings. The molecule has 1 aliphatic rings. The van der Waals surface area contributed by atoms with Crippen LogP contribution in [-0.2, 0) is 4.79 Å². The van der Waals surface area contributed by atoms with Gasteiger partial charge in [0.15, 0.2) is 5.11 Å². The van der Waals surface area contributed by atoms with E-state index in [0.717, 1.165) is 5.69 Å². The number of rotatable bonds is 4. The molecule has 1 aliphatic carbocycles. The van der Waals surface area contributed by atoms with Crippen molar-refractivity contribution in [2.75, 3.05) is 11.4 Å². The second kappa shape index (κ2) is 6.41. The monoisotopic (exact) mass is 355 g/mol. The van der Waals surface area contributed by atoms with Crippen molar-refractivity contribution in [3.63, 3.8) is 0 Å². The highest BCUT2D eigenvalue weighted by Crippen LogP contribution is 2.63. The van der Waals surface area contributed by atoms with Crippen molar-refractivity contribution < 1.29 is 4.79 Å². The van der Waals surface area contributed by atoms with E-state index in [-0.39, 0.29) is 17.4 Å². The van der Waals surface area contributed by atoms with Crippen molar-refractivity contribution in [2.45, 2.75) is 24.1 Å². The number of carbonyl (C=O) groups is 1. The number of hydrogen-bond donors (Lipinski definition) is 1. The number of nitrogens with one attached hydrogen (secondary N) is 1. The van der Waals surface area contributed by atoms with Crippen LogP contribution >= 0.6 is 35.4 Å². The van der Waals surface area contributed by atoms with Crippen molar-refractivity contribution in [3.05, 3.63) is 30.3 Å². The molecule has 0 unspecified atom stereocenters. The number of hydrogen-bond acceptors (Lipinski definition) is 3. The first-order valence-electron chi connectivity index (χ1n) is 6.74. The number of nitriles is 1. The molecule has 0 radical (unpaired) electrons. The number of thiocarbonyl (C=S) groups is 1. The summed E-state index contributed by atoms with van der Waals surface area (Å²) in [6.45, 7) is 2.09. The SMILES string of the molecule is C[C@@]1(C(=O)NC(=S)N(CCC#N)c2ccccc2)CC1(Cl)Cl. The van der Waals surface area contributed by atoms with Gasteiger partial charge in [-0.25, -0.2) is 0 Å². The van der Waals surface area contributed by atoms with Gasteiger partial charge in [0.05, 0.1) is 17.9 Å². The highest BCUT2D eigenvalue weighted by molar-refractivity contribution is 7.80. The second-order valence-electron chi connectivity index (χ2n) is 5.37. The predicted molar refractivity (Wildman–Crippen MR) is 91.9 cm³/mol. The summed E-state index contributed by atoms with van der Waals surface area (Å²) < 4.78 is -1.04. The fourth-order valence-electron chi connectivity index (χ4n) is 2.07. The average Bonchev–Trinajstić information content (AvgIpc) is 3.00. The molecular formula is C15H15Cl2N3OS. The fraction of sp³-hybridized carbons (Fsp3) is 0.400. The minimum absolute atomic E-state index is 0.240. The molecule has 1 N–H and O–H groups in total. The molecule has 0 aliphatic heterocycles. The van der Waals surface area contributed by atoms with Crippen LogP contribution < -0.4 is 10.2 Å². The van der Waals surface area contributed by atoms with E-state index < -0.39 is 9.75 Å². The minimum atomic E-state index is -1.04. The molecular weight excluding hydrogens is 341 g/mol. The van der Waals surface area contributed by atoms with E-state index in [4.69, 9.17) is 40.7 Å². The second-order valence-corrected chi connectivity index (χ2v) is 7.24. The van der Waals surface area contributed by atoms with Gasteiger partial charge in [-0.1, -0.05) is 18.2 Å². The zero-order chi connectivity index (χ0) is 16.4. The molecule has 116 valence electrons. The minimum Gasteiger partial charge on any atom is -0.318 e. The summed E-state index contributed by atoms with van der Waals surface area (Å²) in [6.07, 6.45) is 0.679. The van der Waals surface area contributed by atoms with Gasteiger partial charge in [-0.15, -0.1) is 23.2 Å². The summed E-state index contributed by atoms with van der Waals surface area (Å²) in [5.41, 5.74) is -0.0235. The van der Waals surface area contributed by atoms with Crippen LogP contribution in [0.2, 0.25) is 0 Å². The third-order valence-corrected chi connectivity index (χ3v) is 5.16. The van der Waals surface area contributed by atoms with E-state index in [1.54, 1.807) is 11.8 Å². The number of nitrogens with zero attached hydrogens (tertiary/aromatic N) is 2. The van der Waals surface area contributed by atoms with Crippen LogP contribution in [0.5, 0.6) is 0 Å². The summed E-state index contributed by atoms with van der Waals surface area (Å²) in [5.74, 6) is -0.305. The van der Waals surface area contributed by atoms with Gasteiger partial charge in [0.2, 0.25) is 5.91 Å². The summed E-state index contributed by atoms with van der Waals surface area (Å²) >= 11 is 17.3. The molecule has 0 spiro atoms. The first-order valence-corrected chi connectivity index (χ1v) is 7.91. The van der Waals surface area contributed by atoms with Crippen LogP contribution in [0.15, 0.2) is 30.3 Å². The Hall–Kier alpha value is -1.35. The molecule has 1 aromatic rings. The number of alkyl halides is 2. The number of anilines is 1. The van der Waals surface area contributed by atoms with E-state index in [1.165, 1.54) is 0 Å². The van der Waals surface area contributed by atoms with Gasteiger partial charge >= 0.3 is 0 Å². The third-order valence-electron chi connectivity index (χ3n) is 3.74. The molecule has 1 atom stereocenters. The summed E-state index contributed by atoms with van der Waals surface area (Å²) in [6, 6.07) is 11.4. The Labute approximate surface area is 145 Å². The smallest absolute Gasteiger partial charge is 0.235 e. The quantitative estimate of drug-likeness (QED) is 0.664. The molecule has 1 saturated carbocycles. The van der Waals surface area contributed by atoms with Gasteiger partial charge in [0.1, 0.15) is 4.33 Å². The predicted octanol–water partition coefficient (Wildman–Crippen LogP) is 3.39. The van der Waals surface area contributed by atoms with Crippen LogP contribution in [-0.4, -0.2) is 21.9 Å². The molecule has 0 bridgehead atoms. The van der Waals surface area contributed by atoms with Crippen molar-refractivity contribution in [1.29, 1.82) is 5.26 Å². The Morgan fingerprint density at radius 2 is 2.05 bits per heavy atom. The largest absolute Gasteiger partial charge is 0.318 e. The Bertz CT molecular complexity index is 629. The van der Waals surface area contributed by atoms with Crippen molar-refractivity contribution in [1.82, 2.24) is 5.32 Å². The molecule has 2 rings (SSSR count). The first kappa shape index (κ1) is 17.0. The maximum Gasteiger partial charge on any atom is 0.235 e. The Morgan fingerprint density at radius 3 is 2.55 bits per heavy atom. The van der Waals surface area contributed by atoms with Crippen LogP contribution in [0.1, 0.15) is 19.8 Å². The van der Waals surface area contributed by atoms with Gasteiger partial charge in [0, 0.05) is 12.2 Å². The van der Waals surface area contributed by atoms with Crippen LogP contribution in [0, 0.1) is 16.7 Å². The molecule has 0 saturated heterocycles. The van der Waals surface area contributed by atoms with E-state index in [2.05, 4.69) is 11.4 Å². The highest BCUT2D eigenvalue weighted by atomic mass is 35.5. The Balaban J connectivity index is 2.10. The van der Waals surface area contributed by atoms with E-state index in [0.29, 0.717) is 13.0 Å². The zero-order valence-electron chi connectivity index (χ0n) is 12.0. The van der Waals surface area contributed by atoms with Crippen LogP contribution in [0.25, 0.3) is 0 Å². The normalized spacial score (nSPS) is 21.5. The van der Waals surface area contributed by atoms with Gasteiger partial charge in [-0.2, -0.15) is 5.26 Å². The van der Waals surface area contributed by atoms with E-state index in [9.17, 15) is 4.79 Å². The third kappa shape index (κ3) is 3.35. The van der Waals surface area contributed by atoms with Crippen molar-refractivity contribution in [3.8, 4) is 6.07 Å². The number of para-hydroxylation sites is 1. The van der Waals surface area contributed by atoms with Crippen LogP contribution in [0.4, 0.5) is 5.69 Å². The van der Waals surface area contributed by atoms with Crippen LogP contribution in [0.3, 0.4) is 0 Å². The lowest BCUT2D eigenvalue weighted by molar-refractivity contribution is -0.124. The number of benzene rings is 1. The maximum atomic E-state index is 12.3. The molecule has 22 heavy (non-hydrogen) atoms. The zero-order valence-corrected chi connectivity index (χ0v) is 14.3. The molecule has 0 aromatic heterocycles. The maximum absolute atomic E-state index is 12.3. The Morgan fingerprint density at radius 1 is 1.45 bits per heavy atom. The molecule has 0 heterocycles. The Kier molecular flexibility index (Phi) is 4.96. The fourth-order valence-corrected chi connectivity index (χ4v) is 3.06. The van der Waals surface area contributed by atoms with Gasteiger partial charge in [-0.3, -0.25) is 4.79 Å². The highest BCUT2D eigenvalue weighted by Gasteiger charge is 2.68. The summed E-state index contributed by atoms with van der Waals surface area (Å²) in [5, 5.41) is 11.7. The number of amides is 1. The lowest BCUT2D eigenvalue weighted by Crippen LogP contribution is -2.46. The average molecular weight is 356 g/mol. The molecule has 1 amide bonds. The van der Waals surface area contributed by atoms with Gasteiger partial charge in [0.25, 0.3) is 0 Å². The molecule has 7 heteroatoms. The standard InChI is InChI=1S/C15H15Cl2N3OS/c1-14(10-15(14,16)17)12(21)19-13(22)20(9-5-8-18)11-6-3-2-4-7-11/h2-4,6-7H,5,9-10H2,1H3,(H,19,21,22)/t14-/m0/s1.